The van der Waals surface area contributed by atoms with Crippen LogP contribution in [0, 0.1) is 28.6 Å². The van der Waals surface area contributed by atoms with E-state index in [0.717, 1.165) is 44.3 Å². The van der Waals surface area contributed by atoms with E-state index in [1.165, 1.54) is 11.1 Å². The van der Waals surface area contributed by atoms with Gasteiger partial charge >= 0.3 is 0 Å². The van der Waals surface area contributed by atoms with E-state index in [-0.39, 0.29) is 22.9 Å². The molecule has 0 spiro atoms. The van der Waals surface area contributed by atoms with E-state index in [1.54, 1.807) is 0 Å². The van der Waals surface area contributed by atoms with Gasteiger partial charge in [-0.15, -0.1) is 0 Å². The maximum Gasteiger partial charge on any atom is 0.0661 e. The van der Waals surface area contributed by atoms with E-state index in [0.29, 0.717) is 29.9 Å². The minimum absolute atomic E-state index is 0.0564. The Hall–Kier alpha value is -0.330. The number of hydrogen-bond acceptors (Lipinski definition) is 5. The average molecular weight is 479 g/mol. The summed E-state index contributed by atoms with van der Waals surface area (Å²) in [6.07, 6.45) is 9.60. The second-order valence-electron chi connectivity index (χ2n) is 12.0. The maximum absolute atomic E-state index is 11.3. The van der Waals surface area contributed by atoms with Crippen molar-refractivity contribution in [1.29, 1.82) is 0 Å². The average Bonchev–Trinajstić information content (AvgIpc) is 3.04. The molecule has 3 fully saturated rings. The molecule has 5 heteroatoms. The van der Waals surface area contributed by atoms with Crippen molar-refractivity contribution in [2.45, 2.75) is 115 Å². The van der Waals surface area contributed by atoms with Crippen molar-refractivity contribution in [3.05, 3.63) is 23.3 Å². The Balaban J connectivity index is 1.53. The monoisotopic (exact) mass is 478 g/mol. The van der Waals surface area contributed by atoms with Crippen LogP contribution < -0.4 is 0 Å². The van der Waals surface area contributed by atoms with Crippen LogP contribution in [0.2, 0.25) is 0 Å². The zero-order valence-corrected chi connectivity index (χ0v) is 22.1. The summed E-state index contributed by atoms with van der Waals surface area (Å²) >= 11 is 1.92. The largest absolute Gasteiger partial charge is 0.393 e. The number of fused-ring (bicyclic) bond motifs is 5. The van der Waals surface area contributed by atoms with Gasteiger partial charge in [0.25, 0.3) is 0 Å². The first-order valence-corrected chi connectivity index (χ1v) is 14.3. The van der Waals surface area contributed by atoms with Crippen molar-refractivity contribution in [3.63, 3.8) is 0 Å². The highest BCUT2D eigenvalue weighted by atomic mass is 32.2. The van der Waals surface area contributed by atoms with E-state index in [2.05, 4.69) is 46.8 Å². The molecule has 4 nitrogen and oxygen atoms in total. The summed E-state index contributed by atoms with van der Waals surface area (Å²) in [7, 11) is 0. The lowest BCUT2D eigenvalue weighted by Crippen LogP contribution is -2.52. The lowest BCUT2D eigenvalue weighted by Gasteiger charge is -2.56. The van der Waals surface area contributed by atoms with Crippen LogP contribution in [0.5, 0.6) is 0 Å². The molecule has 0 aromatic carbocycles. The Morgan fingerprint density at radius 3 is 2.45 bits per heavy atom. The predicted molar refractivity (Wildman–Crippen MR) is 136 cm³/mol. The number of allylic oxidation sites excluding steroid dienone is 3. The Morgan fingerprint density at radius 1 is 1.09 bits per heavy atom. The molecule has 0 aliphatic heterocycles. The predicted octanol–water partition coefficient (Wildman–Crippen LogP) is 4.85. The first kappa shape index (κ1) is 25.8. The summed E-state index contributed by atoms with van der Waals surface area (Å²) in [6, 6.07) is 0. The third-order valence-corrected chi connectivity index (χ3v) is 11.8. The van der Waals surface area contributed by atoms with Crippen LogP contribution in [0.1, 0.15) is 86.0 Å². The third kappa shape index (κ3) is 4.18. The lowest BCUT2D eigenvalue weighted by atomic mass is 9.49. The van der Waals surface area contributed by atoms with E-state index in [9.17, 15) is 20.4 Å². The standard InChI is InChI=1S/C28H46O4S/c1-6-28(32,7-2)12-13-33-17(3)25-23(30)16-22-20-9-8-18-14-19(29)15-24(31)27(18,5)21(20)10-11-26(22,25)4/h8-9,17,19,21-25,29-32H,6-7,10-16H2,1-5H3/t17-,19-,21+,22+,23-,24+,25+,26+,27+/m1/s1. The zero-order chi connectivity index (χ0) is 24.2. The molecule has 0 unspecified atom stereocenters. The molecule has 0 amide bonds. The molecule has 9 atom stereocenters. The SMILES string of the molecule is CCC(O)(CC)CCS[C@H](C)[C@H]1[C@H](O)C[C@H]2C3=CC=C4C[C@@H](O)C[C@H](O)[C@]4(C)[C@H]3CC[C@]12C. The molecule has 0 bridgehead atoms. The first-order chi connectivity index (χ1) is 15.5. The summed E-state index contributed by atoms with van der Waals surface area (Å²) in [4.78, 5) is 0. The Bertz CT molecular complexity index is 789. The van der Waals surface area contributed by atoms with E-state index in [4.69, 9.17) is 0 Å². The Labute approximate surface area is 204 Å². The second-order valence-corrected chi connectivity index (χ2v) is 13.5. The highest BCUT2D eigenvalue weighted by Crippen LogP contribution is 2.66. The number of aliphatic hydroxyl groups is 4. The van der Waals surface area contributed by atoms with Gasteiger partial charge in [-0.3, -0.25) is 0 Å². The van der Waals surface area contributed by atoms with Gasteiger partial charge in [0.05, 0.1) is 23.9 Å². The summed E-state index contributed by atoms with van der Waals surface area (Å²) < 4.78 is 0. The van der Waals surface area contributed by atoms with Crippen LogP contribution in [0.3, 0.4) is 0 Å². The van der Waals surface area contributed by atoms with Crippen LogP contribution >= 0.6 is 11.8 Å². The van der Waals surface area contributed by atoms with Gasteiger partial charge in [0.15, 0.2) is 0 Å². The molecule has 0 radical (unpaired) electrons. The van der Waals surface area contributed by atoms with Gasteiger partial charge in [0.1, 0.15) is 0 Å². The van der Waals surface area contributed by atoms with Crippen molar-refractivity contribution >= 4 is 11.8 Å². The molecular formula is C28H46O4S. The zero-order valence-electron chi connectivity index (χ0n) is 21.3. The third-order valence-electron chi connectivity index (χ3n) is 10.5. The topological polar surface area (TPSA) is 80.9 Å². The molecule has 4 aliphatic carbocycles. The summed E-state index contributed by atoms with van der Waals surface area (Å²) in [5.41, 5.74) is 1.83. The molecule has 0 aromatic heterocycles. The van der Waals surface area contributed by atoms with E-state index >= 15 is 0 Å². The second kappa shape index (κ2) is 9.28. The van der Waals surface area contributed by atoms with Gasteiger partial charge in [0, 0.05) is 23.0 Å². The highest BCUT2D eigenvalue weighted by Gasteiger charge is 2.61. The van der Waals surface area contributed by atoms with Crippen molar-refractivity contribution in [2.75, 3.05) is 5.75 Å². The number of hydrogen-bond donors (Lipinski definition) is 4. The molecule has 4 rings (SSSR count). The molecular weight excluding hydrogens is 432 g/mol. The molecule has 33 heavy (non-hydrogen) atoms. The van der Waals surface area contributed by atoms with Crippen molar-refractivity contribution in [3.8, 4) is 0 Å². The number of thioether (sulfide) groups is 1. The smallest absolute Gasteiger partial charge is 0.0661 e. The summed E-state index contributed by atoms with van der Waals surface area (Å²) in [6.45, 7) is 11.0. The van der Waals surface area contributed by atoms with Crippen LogP contribution in [0.15, 0.2) is 23.3 Å². The van der Waals surface area contributed by atoms with Gasteiger partial charge in [-0.05, 0) is 67.9 Å². The van der Waals surface area contributed by atoms with Gasteiger partial charge in [-0.1, -0.05) is 57.9 Å². The normalized spacial score (nSPS) is 43.8. The van der Waals surface area contributed by atoms with Gasteiger partial charge < -0.3 is 20.4 Å². The fraction of sp³-hybridized carbons (Fsp3) is 0.857. The van der Waals surface area contributed by atoms with Crippen LogP contribution in [-0.4, -0.2) is 55.3 Å². The minimum atomic E-state index is -0.563. The fourth-order valence-corrected chi connectivity index (χ4v) is 9.66. The molecule has 3 saturated carbocycles. The summed E-state index contributed by atoms with van der Waals surface area (Å²) in [5, 5.41) is 43.6. The number of rotatable bonds is 7. The lowest BCUT2D eigenvalue weighted by molar-refractivity contribution is -0.0534. The molecule has 0 aromatic rings. The fourth-order valence-electron chi connectivity index (χ4n) is 8.10. The van der Waals surface area contributed by atoms with Crippen LogP contribution in [-0.2, 0) is 0 Å². The molecule has 4 N–H and O–H groups in total. The number of aliphatic hydroxyl groups excluding tert-OH is 3. The van der Waals surface area contributed by atoms with Crippen LogP contribution in [0.25, 0.3) is 0 Å². The van der Waals surface area contributed by atoms with E-state index in [1.807, 2.05) is 11.8 Å². The Kier molecular flexibility index (Phi) is 7.24. The van der Waals surface area contributed by atoms with E-state index < -0.39 is 17.8 Å². The van der Waals surface area contributed by atoms with Crippen LogP contribution in [0.4, 0.5) is 0 Å². The summed E-state index contributed by atoms with van der Waals surface area (Å²) in [5.74, 6) is 1.81. The molecule has 0 saturated heterocycles. The van der Waals surface area contributed by atoms with Crippen molar-refractivity contribution < 1.29 is 20.4 Å². The first-order valence-electron chi connectivity index (χ1n) is 13.3. The maximum atomic E-state index is 11.3. The highest BCUT2D eigenvalue weighted by molar-refractivity contribution is 7.99. The van der Waals surface area contributed by atoms with Crippen molar-refractivity contribution in [2.24, 2.45) is 28.6 Å². The van der Waals surface area contributed by atoms with Gasteiger partial charge in [0.2, 0.25) is 0 Å². The molecule has 0 heterocycles. The van der Waals surface area contributed by atoms with Gasteiger partial charge in [-0.25, -0.2) is 0 Å². The molecule has 188 valence electrons. The van der Waals surface area contributed by atoms with Gasteiger partial charge in [-0.2, -0.15) is 11.8 Å². The Morgan fingerprint density at radius 2 is 1.79 bits per heavy atom. The van der Waals surface area contributed by atoms with Crippen molar-refractivity contribution in [1.82, 2.24) is 0 Å². The molecule has 4 aliphatic rings. The quantitative estimate of drug-likeness (QED) is 0.421. The minimum Gasteiger partial charge on any atom is -0.393 e.